The maximum Gasteiger partial charge on any atom is 0.227 e. The van der Waals surface area contributed by atoms with E-state index in [-0.39, 0.29) is 36.6 Å². The van der Waals surface area contributed by atoms with Gasteiger partial charge in [0.2, 0.25) is 5.91 Å². The fourth-order valence-electron chi connectivity index (χ4n) is 2.63. The zero-order valence-electron chi connectivity index (χ0n) is 14.2. The van der Waals surface area contributed by atoms with Crippen LogP contribution in [-0.4, -0.2) is 45.5 Å². The smallest absolute Gasteiger partial charge is 0.227 e. The number of piperidine rings is 1. The Balaban J connectivity index is 0.00000312. The number of amides is 1. The molecule has 2 N–H and O–H groups in total. The number of rotatable bonds is 6. The second-order valence-corrected chi connectivity index (χ2v) is 8.88. The van der Waals surface area contributed by atoms with Gasteiger partial charge in [0.15, 0.2) is 9.84 Å². The second-order valence-electron chi connectivity index (χ2n) is 6.18. The molecule has 0 aliphatic carbocycles. The Kier molecular flexibility index (Phi) is 8.47. The average molecular weight is 411 g/mol. The van der Waals surface area contributed by atoms with Gasteiger partial charge in [-0.25, -0.2) is 8.42 Å². The van der Waals surface area contributed by atoms with Crippen LogP contribution < -0.4 is 15.4 Å². The Labute approximate surface area is 160 Å². The summed E-state index contributed by atoms with van der Waals surface area (Å²) in [5.41, 5.74) is 0.465. The van der Waals surface area contributed by atoms with Crippen LogP contribution in [0.15, 0.2) is 18.2 Å². The van der Waals surface area contributed by atoms with Gasteiger partial charge in [-0.15, -0.1) is 12.4 Å². The lowest BCUT2D eigenvalue weighted by molar-refractivity contribution is -0.120. The largest absolute Gasteiger partial charge is 0.490 e. The Morgan fingerprint density at radius 1 is 1.44 bits per heavy atom. The Morgan fingerprint density at radius 3 is 2.80 bits per heavy atom. The van der Waals surface area contributed by atoms with Gasteiger partial charge in [-0.1, -0.05) is 11.6 Å². The minimum absolute atomic E-state index is 0. The van der Waals surface area contributed by atoms with Gasteiger partial charge in [-0.05, 0) is 44.5 Å². The van der Waals surface area contributed by atoms with Gasteiger partial charge in [0.1, 0.15) is 12.4 Å². The minimum atomic E-state index is -3.11. The lowest BCUT2D eigenvalue weighted by Gasteiger charge is -2.27. The van der Waals surface area contributed by atoms with Crippen molar-refractivity contribution in [1.82, 2.24) is 5.32 Å². The van der Waals surface area contributed by atoms with E-state index in [2.05, 4.69) is 17.6 Å². The molecule has 0 spiro atoms. The summed E-state index contributed by atoms with van der Waals surface area (Å²) in [7, 11) is -3.11. The van der Waals surface area contributed by atoms with Crippen LogP contribution in [0.25, 0.3) is 0 Å². The van der Waals surface area contributed by atoms with Crippen LogP contribution in [0.2, 0.25) is 5.02 Å². The molecule has 0 saturated carbocycles. The van der Waals surface area contributed by atoms with Crippen molar-refractivity contribution in [2.45, 2.75) is 25.8 Å². The Bertz CT molecular complexity index is 697. The van der Waals surface area contributed by atoms with Gasteiger partial charge in [-0.2, -0.15) is 0 Å². The van der Waals surface area contributed by atoms with E-state index in [1.165, 1.54) is 0 Å². The van der Waals surface area contributed by atoms with E-state index >= 15 is 0 Å². The number of sulfone groups is 1. The fourth-order valence-corrected chi connectivity index (χ4v) is 3.19. The highest BCUT2D eigenvalue weighted by Crippen LogP contribution is 2.29. The molecule has 1 heterocycles. The molecular weight excluding hydrogens is 387 g/mol. The molecule has 25 heavy (non-hydrogen) atoms. The number of halogens is 2. The van der Waals surface area contributed by atoms with Crippen molar-refractivity contribution in [3.63, 3.8) is 0 Å². The van der Waals surface area contributed by atoms with E-state index in [0.717, 1.165) is 25.6 Å². The van der Waals surface area contributed by atoms with Crippen molar-refractivity contribution in [2.24, 2.45) is 5.92 Å². The normalized spacial score (nSPS) is 20.4. The topological polar surface area (TPSA) is 84.5 Å². The maximum atomic E-state index is 12.5. The summed E-state index contributed by atoms with van der Waals surface area (Å²) in [4.78, 5) is 12.5. The molecule has 1 amide bonds. The lowest BCUT2D eigenvalue weighted by Crippen LogP contribution is -2.40. The first kappa shape index (κ1) is 22.0. The van der Waals surface area contributed by atoms with E-state index in [1.54, 1.807) is 18.2 Å². The molecule has 0 aromatic heterocycles. The van der Waals surface area contributed by atoms with Crippen LogP contribution in [0.3, 0.4) is 0 Å². The summed E-state index contributed by atoms with van der Waals surface area (Å²) in [6.45, 7) is 2.89. The molecular formula is C16H24Cl2N2O4S. The van der Waals surface area contributed by atoms with Crippen molar-refractivity contribution in [1.29, 1.82) is 0 Å². The lowest BCUT2D eigenvalue weighted by atomic mass is 9.92. The van der Waals surface area contributed by atoms with Crippen molar-refractivity contribution in [3.8, 4) is 5.75 Å². The molecule has 0 radical (unpaired) electrons. The van der Waals surface area contributed by atoms with Gasteiger partial charge in [-0.3, -0.25) is 4.79 Å². The van der Waals surface area contributed by atoms with E-state index in [9.17, 15) is 13.2 Å². The molecule has 0 unspecified atom stereocenters. The molecule has 9 heteroatoms. The van der Waals surface area contributed by atoms with Crippen LogP contribution in [0, 0.1) is 5.92 Å². The number of hydrogen-bond acceptors (Lipinski definition) is 5. The van der Waals surface area contributed by atoms with Crippen LogP contribution >= 0.6 is 24.0 Å². The molecule has 1 fully saturated rings. The molecule has 2 atom stereocenters. The number of ether oxygens (including phenoxy) is 1. The first-order valence-corrected chi connectivity index (χ1v) is 10.3. The molecule has 1 aromatic carbocycles. The van der Waals surface area contributed by atoms with Gasteiger partial charge < -0.3 is 15.4 Å². The van der Waals surface area contributed by atoms with Crippen molar-refractivity contribution in [2.75, 3.05) is 30.5 Å². The molecule has 1 aliphatic rings. The summed E-state index contributed by atoms with van der Waals surface area (Å²) in [5.74, 6) is 0.190. The van der Waals surface area contributed by atoms with Crippen molar-refractivity contribution in [3.05, 3.63) is 23.2 Å². The molecule has 6 nitrogen and oxygen atoms in total. The monoisotopic (exact) mass is 410 g/mol. The molecule has 2 rings (SSSR count). The molecule has 1 saturated heterocycles. The average Bonchev–Trinajstić information content (AvgIpc) is 2.48. The highest BCUT2D eigenvalue weighted by molar-refractivity contribution is 7.90. The number of benzene rings is 1. The van der Waals surface area contributed by atoms with E-state index in [1.807, 2.05) is 0 Å². The van der Waals surface area contributed by atoms with Gasteiger partial charge in [0.05, 0.1) is 11.4 Å². The SMILES string of the molecule is C[C@H]1C[C@@H](C(=O)Nc2cc(Cl)ccc2OCCS(C)(=O)=O)CCN1.Cl. The van der Waals surface area contributed by atoms with Crippen molar-refractivity contribution < 1.29 is 17.9 Å². The standard InChI is InChI=1S/C16H23ClN2O4S.ClH/c1-11-9-12(5-6-18-11)16(20)19-14-10-13(17)3-4-15(14)23-7-8-24(2,21)22;/h3-4,10-12,18H,5-9H2,1-2H3,(H,19,20);1H/t11-,12-;/m0./s1. The predicted octanol–water partition coefficient (Wildman–Crippen LogP) is 2.51. The van der Waals surface area contributed by atoms with Crippen LogP contribution in [0.1, 0.15) is 19.8 Å². The fraction of sp³-hybridized carbons (Fsp3) is 0.562. The van der Waals surface area contributed by atoms with Gasteiger partial charge in [0.25, 0.3) is 0 Å². The zero-order valence-corrected chi connectivity index (χ0v) is 16.6. The molecule has 1 aromatic rings. The summed E-state index contributed by atoms with van der Waals surface area (Å²) >= 11 is 6.00. The van der Waals surface area contributed by atoms with Crippen molar-refractivity contribution >= 4 is 45.4 Å². The quantitative estimate of drug-likeness (QED) is 0.752. The number of nitrogens with one attached hydrogen (secondary N) is 2. The highest BCUT2D eigenvalue weighted by Gasteiger charge is 2.25. The van der Waals surface area contributed by atoms with Gasteiger partial charge in [0, 0.05) is 23.2 Å². The summed E-state index contributed by atoms with van der Waals surface area (Å²) in [6.07, 6.45) is 2.71. The van der Waals surface area contributed by atoms with Crippen LogP contribution in [0.4, 0.5) is 5.69 Å². The predicted molar refractivity (Wildman–Crippen MR) is 103 cm³/mol. The third kappa shape index (κ3) is 7.40. The van der Waals surface area contributed by atoms with E-state index in [0.29, 0.717) is 22.5 Å². The van der Waals surface area contributed by atoms with Gasteiger partial charge >= 0.3 is 0 Å². The van der Waals surface area contributed by atoms with Crippen LogP contribution in [-0.2, 0) is 14.6 Å². The maximum absolute atomic E-state index is 12.5. The third-order valence-electron chi connectivity index (χ3n) is 3.91. The second kappa shape index (κ2) is 9.62. The van der Waals surface area contributed by atoms with E-state index < -0.39 is 9.84 Å². The molecule has 0 bridgehead atoms. The van der Waals surface area contributed by atoms with E-state index in [4.69, 9.17) is 16.3 Å². The summed E-state index contributed by atoms with van der Waals surface area (Å²) in [5, 5.41) is 6.65. The highest BCUT2D eigenvalue weighted by atomic mass is 35.5. The Hall–Kier alpha value is -1.02. The number of hydrogen-bond donors (Lipinski definition) is 2. The molecule has 1 aliphatic heterocycles. The zero-order chi connectivity index (χ0) is 17.7. The van der Waals surface area contributed by atoms with Crippen LogP contribution in [0.5, 0.6) is 5.75 Å². The number of carbonyl (C=O) groups is 1. The third-order valence-corrected chi connectivity index (χ3v) is 5.05. The summed E-state index contributed by atoms with van der Waals surface area (Å²) < 4.78 is 27.9. The number of carbonyl (C=O) groups excluding carboxylic acids is 1. The molecule has 142 valence electrons. The first-order valence-electron chi connectivity index (χ1n) is 7.89. The number of anilines is 1. The minimum Gasteiger partial charge on any atom is -0.490 e. The summed E-state index contributed by atoms with van der Waals surface area (Å²) in [6, 6.07) is 5.18. The Morgan fingerprint density at radius 2 is 2.16 bits per heavy atom. The first-order chi connectivity index (χ1) is 11.2.